The van der Waals surface area contributed by atoms with Gasteiger partial charge in [-0.3, -0.25) is 9.59 Å². The van der Waals surface area contributed by atoms with Crippen LogP contribution in [0.2, 0.25) is 0 Å². The average Bonchev–Trinajstić information content (AvgIpc) is 3.02. The lowest BCUT2D eigenvalue weighted by Crippen LogP contribution is -2.38. The molecule has 5 nitrogen and oxygen atoms in total. The Morgan fingerprint density at radius 3 is 2.86 bits per heavy atom. The van der Waals surface area contributed by atoms with Crippen molar-refractivity contribution in [1.82, 2.24) is 5.32 Å². The van der Waals surface area contributed by atoms with Gasteiger partial charge in [0.05, 0.1) is 12.2 Å². The van der Waals surface area contributed by atoms with E-state index in [-0.39, 0.29) is 6.10 Å². The molecule has 1 aromatic carbocycles. The smallest absolute Gasteiger partial charge is 0.245 e. The summed E-state index contributed by atoms with van der Waals surface area (Å²) < 4.78 is 5.41. The number of Topliss-reactive ketones (excluding diaryl/α,β-unsaturated/α-hetero) is 1. The van der Waals surface area contributed by atoms with Crippen LogP contribution in [0.4, 0.5) is 0 Å². The molecule has 2 rings (SSSR count). The lowest BCUT2D eigenvalue weighted by molar-refractivity contribution is -0.122. The summed E-state index contributed by atoms with van der Waals surface area (Å²) in [6.45, 7) is 4.76. The molecule has 1 aliphatic rings. The van der Waals surface area contributed by atoms with E-state index in [0.29, 0.717) is 18.7 Å². The second-order valence-corrected chi connectivity index (χ2v) is 5.55. The van der Waals surface area contributed by atoms with Crippen molar-refractivity contribution in [3.63, 3.8) is 0 Å². The van der Waals surface area contributed by atoms with Crippen LogP contribution in [0.5, 0.6) is 0 Å². The van der Waals surface area contributed by atoms with Gasteiger partial charge in [-0.25, -0.2) is 0 Å². The van der Waals surface area contributed by atoms with E-state index in [1.807, 2.05) is 26.0 Å². The summed E-state index contributed by atoms with van der Waals surface area (Å²) >= 11 is 0. The molecule has 0 aromatic heterocycles. The number of carbonyl (C=O) groups excluding carboxylic acids is 2. The van der Waals surface area contributed by atoms with E-state index in [1.165, 1.54) is 0 Å². The molecule has 0 spiro atoms. The molecule has 2 atom stereocenters. The number of hydrogen-bond donors (Lipinski definition) is 1. The van der Waals surface area contributed by atoms with Crippen LogP contribution in [0.1, 0.15) is 34.3 Å². The van der Waals surface area contributed by atoms with E-state index in [1.54, 1.807) is 12.1 Å². The molecule has 0 aliphatic carbocycles. The Hall–Kier alpha value is -2.19. The minimum absolute atomic E-state index is 0.0147. The predicted octanol–water partition coefficient (Wildman–Crippen LogP) is 1.92. The van der Waals surface area contributed by atoms with Crippen LogP contribution < -0.4 is 5.32 Å². The first-order valence-electron chi connectivity index (χ1n) is 7.44. The fraction of sp³-hybridized carbons (Fsp3) is 0.471. The number of aryl methyl sites for hydroxylation is 1. The molecule has 1 amide bonds. The maximum absolute atomic E-state index is 12.5. The molecule has 0 radical (unpaired) electrons. The van der Waals surface area contributed by atoms with Crippen molar-refractivity contribution in [1.29, 1.82) is 5.26 Å². The molecular formula is C17H20N2O3. The number of amides is 1. The predicted molar refractivity (Wildman–Crippen MR) is 81.3 cm³/mol. The third kappa shape index (κ3) is 3.52. The molecule has 1 aliphatic heterocycles. The van der Waals surface area contributed by atoms with Gasteiger partial charge in [0.15, 0.2) is 11.7 Å². The topological polar surface area (TPSA) is 79.2 Å². The first-order chi connectivity index (χ1) is 10.5. The fourth-order valence-electron chi connectivity index (χ4n) is 2.53. The Labute approximate surface area is 130 Å². The minimum atomic E-state index is -1.32. The minimum Gasteiger partial charge on any atom is -0.376 e. The second-order valence-electron chi connectivity index (χ2n) is 5.55. The van der Waals surface area contributed by atoms with E-state index in [4.69, 9.17) is 4.74 Å². The SMILES string of the molecule is Cc1cccc(C(=O)C(C#N)C(=O)NCC2CCCO2)c1C. The van der Waals surface area contributed by atoms with Crippen molar-refractivity contribution < 1.29 is 14.3 Å². The molecule has 0 bridgehead atoms. The highest BCUT2D eigenvalue weighted by Crippen LogP contribution is 2.17. The van der Waals surface area contributed by atoms with Crippen LogP contribution in [0.25, 0.3) is 0 Å². The van der Waals surface area contributed by atoms with Crippen LogP contribution in [0.3, 0.4) is 0 Å². The number of nitriles is 1. The Morgan fingerprint density at radius 2 is 2.23 bits per heavy atom. The van der Waals surface area contributed by atoms with Gasteiger partial charge in [-0.15, -0.1) is 0 Å². The summed E-state index contributed by atoms with van der Waals surface area (Å²) in [7, 11) is 0. The number of hydrogen-bond acceptors (Lipinski definition) is 4. The Bertz CT molecular complexity index is 613. The van der Waals surface area contributed by atoms with Gasteiger partial charge in [-0.05, 0) is 37.8 Å². The number of nitrogens with zero attached hydrogens (tertiary/aromatic N) is 1. The molecule has 22 heavy (non-hydrogen) atoms. The quantitative estimate of drug-likeness (QED) is 0.665. The van der Waals surface area contributed by atoms with Gasteiger partial charge in [0.25, 0.3) is 0 Å². The van der Waals surface area contributed by atoms with Crippen molar-refractivity contribution in [2.75, 3.05) is 13.2 Å². The highest BCUT2D eigenvalue weighted by atomic mass is 16.5. The molecule has 1 fully saturated rings. The van der Waals surface area contributed by atoms with Gasteiger partial charge in [-0.1, -0.05) is 18.2 Å². The van der Waals surface area contributed by atoms with Gasteiger partial charge in [0, 0.05) is 18.7 Å². The summed E-state index contributed by atoms with van der Waals surface area (Å²) in [4.78, 5) is 24.6. The fourth-order valence-corrected chi connectivity index (χ4v) is 2.53. The highest BCUT2D eigenvalue weighted by molar-refractivity contribution is 6.12. The summed E-state index contributed by atoms with van der Waals surface area (Å²) in [5, 5.41) is 11.9. The van der Waals surface area contributed by atoms with E-state index < -0.39 is 17.6 Å². The average molecular weight is 300 g/mol. The third-order valence-electron chi connectivity index (χ3n) is 4.05. The number of rotatable bonds is 5. The molecule has 1 aromatic rings. The second kappa shape index (κ2) is 7.19. The van der Waals surface area contributed by atoms with E-state index >= 15 is 0 Å². The number of ketones is 1. The van der Waals surface area contributed by atoms with Gasteiger partial charge in [0.1, 0.15) is 0 Å². The first-order valence-corrected chi connectivity index (χ1v) is 7.44. The van der Waals surface area contributed by atoms with Gasteiger partial charge < -0.3 is 10.1 Å². The Balaban J connectivity index is 2.06. The van der Waals surface area contributed by atoms with Crippen LogP contribution in [-0.2, 0) is 9.53 Å². The van der Waals surface area contributed by atoms with Crippen molar-refractivity contribution >= 4 is 11.7 Å². The normalized spacial score (nSPS) is 18.5. The maximum Gasteiger partial charge on any atom is 0.245 e. The van der Waals surface area contributed by atoms with Crippen LogP contribution in [0.15, 0.2) is 18.2 Å². The maximum atomic E-state index is 12.5. The summed E-state index contributed by atoms with van der Waals surface area (Å²) in [5.74, 6) is -2.32. The molecule has 2 unspecified atom stereocenters. The molecule has 1 N–H and O–H groups in total. The molecule has 1 saturated heterocycles. The van der Waals surface area contributed by atoms with Gasteiger partial charge in [0.2, 0.25) is 5.91 Å². The van der Waals surface area contributed by atoms with Crippen molar-refractivity contribution in [2.45, 2.75) is 32.8 Å². The van der Waals surface area contributed by atoms with Crippen molar-refractivity contribution in [2.24, 2.45) is 5.92 Å². The molecule has 116 valence electrons. The Kier molecular flexibility index (Phi) is 5.29. The summed E-state index contributed by atoms with van der Waals surface area (Å²) in [5.41, 5.74) is 2.20. The van der Waals surface area contributed by atoms with Crippen molar-refractivity contribution in [3.8, 4) is 6.07 Å². The van der Waals surface area contributed by atoms with Crippen molar-refractivity contribution in [3.05, 3.63) is 34.9 Å². The number of ether oxygens (including phenoxy) is 1. The third-order valence-corrected chi connectivity index (χ3v) is 4.05. The monoisotopic (exact) mass is 300 g/mol. The van der Waals surface area contributed by atoms with E-state index in [0.717, 1.165) is 24.0 Å². The lowest BCUT2D eigenvalue weighted by Gasteiger charge is -2.14. The lowest BCUT2D eigenvalue weighted by atomic mass is 9.92. The number of carbonyl (C=O) groups is 2. The molecule has 0 saturated carbocycles. The summed E-state index contributed by atoms with van der Waals surface area (Å²) in [6.07, 6.45) is 1.85. The largest absolute Gasteiger partial charge is 0.376 e. The van der Waals surface area contributed by atoms with Gasteiger partial charge >= 0.3 is 0 Å². The Morgan fingerprint density at radius 1 is 1.45 bits per heavy atom. The highest BCUT2D eigenvalue weighted by Gasteiger charge is 2.29. The first kappa shape index (κ1) is 16.2. The van der Waals surface area contributed by atoms with Crippen LogP contribution in [0, 0.1) is 31.1 Å². The molecule has 1 heterocycles. The van der Waals surface area contributed by atoms with E-state index in [2.05, 4.69) is 5.32 Å². The standard InChI is InChI=1S/C17H20N2O3/c1-11-5-3-7-14(12(11)2)16(20)15(9-18)17(21)19-10-13-6-4-8-22-13/h3,5,7,13,15H,4,6,8,10H2,1-2H3,(H,19,21). The zero-order valence-corrected chi connectivity index (χ0v) is 12.9. The van der Waals surface area contributed by atoms with Crippen LogP contribution in [-0.4, -0.2) is 30.9 Å². The molecule has 5 heteroatoms. The zero-order chi connectivity index (χ0) is 16.1. The zero-order valence-electron chi connectivity index (χ0n) is 12.9. The molecular weight excluding hydrogens is 280 g/mol. The van der Waals surface area contributed by atoms with E-state index in [9.17, 15) is 14.9 Å². The number of nitrogens with one attached hydrogen (secondary N) is 1. The summed E-state index contributed by atoms with van der Waals surface area (Å²) in [6, 6.07) is 7.13. The van der Waals surface area contributed by atoms with Gasteiger partial charge in [-0.2, -0.15) is 5.26 Å². The number of benzene rings is 1. The van der Waals surface area contributed by atoms with Crippen LogP contribution >= 0.6 is 0 Å².